The van der Waals surface area contributed by atoms with Crippen molar-refractivity contribution in [1.82, 2.24) is 13.9 Å². The van der Waals surface area contributed by atoms with Crippen LogP contribution in [0.5, 0.6) is 0 Å². The molecular weight excluding hydrogens is 1220 g/mol. The van der Waals surface area contributed by atoms with Gasteiger partial charge in [-0.15, -0.1) is 0 Å². The number of carbonyl (C=O) groups excluding carboxylic acids is 1. The lowest BCUT2D eigenvalue weighted by molar-refractivity contribution is -0.168. The SMILES string of the molecule is Brc1ccc(N2CCNCC2)cc1.C.CC(=O)C(F)(F)F.CC(C)(O)c1ccc(N2CCN(S(=O)(=O)c3ccccc3)CC2)cc1.O=S(=O)(Cl)c1ccccc1.O=S(=O)(c1ccccc1)N1CCN(c2ccc(Br)cc2)CC1. The number of hydrogen-bond acceptors (Lipinski definition) is 12. The first-order valence-electron chi connectivity index (χ1n) is 24.2. The van der Waals surface area contributed by atoms with Gasteiger partial charge in [0.1, 0.15) is 0 Å². The Kier molecular flexibility index (Phi) is 25.3. The Hall–Kier alpha value is -4.88. The number of halogens is 6. The van der Waals surface area contributed by atoms with Crippen LogP contribution in [0.25, 0.3) is 0 Å². The molecule has 3 fully saturated rings. The van der Waals surface area contributed by atoms with Gasteiger partial charge in [-0.3, -0.25) is 4.79 Å². The standard InChI is InChI=1S/C19H24N2O3S.C16H17BrN2O2S.C10H13BrN2.C6H5ClO2S.C3H3F3O.CH4/c1-19(2,22)16-8-10-17(11-9-16)20-12-14-21(15-13-20)25(23,24)18-6-4-3-5-7-18;17-14-6-8-15(9-7-14)18-10-12-19(13-11-18)22(20,21)16-4-2-1-3-5-16;11-9-1-3-10(4-2-9)13-7-5-12-6-8-13;7-10(8,9)6-4-2-1-3-5-6;1-2(7)3(4,5)6;/h3-11,22H,12-15H2,1-2H3;1-9H,10-13H2;1-4,12H,5-8H2;1-5H;1H3;1H4. The van der Waals surface area contributed by atoms with Crippen LogP contribution < -0.4 is 20.0 Å². The number of nitrogens with zero attached hydrogens (tertiary/aromatic N) is 5. The molecule has 0 aliphatic carbocycles. The highest BCUT2D eigenvalue weighted by Gasteiger charge is 2.34. The highest BCUT2D eigenvalue weighted by Crippen LogP contribution is 2.27. The van der Waals surface area contributed by atoms with E-state index in [2.05, 4.69) is 76.1 Å². The summed E-state index contributed by atoms with van der Waals surface area (Å²) in [7, 11) is -5.30. The molecule has 3 aliphatic rings. The van der Waals surface area contributed by atoms with E-state index in [0.717, 1.165) is 52.1 Å². The number of rotatable bonds is 9. The molecule has 2 N–H and O–H groups in total. The fourth-order valence-electron chi connectivity index (χ4n) is 7.75. The van der Waals surface area contributed by atoms with Crippen molar-refractivity contribution in [3.63, 3.8) is 0 Å². The number of Topliss-reactive ketones (excluding diaryl/α,β-unsaturated/α-hetero) is 1. The number of carbonyl (C=O) groups is 1. The van der Waals surface area contributed by atoms with Gasteiger partial charge in [0.2, 0.25) is 25.8 Å². The van der Waals surface area contributed by atoms with Crippen molar-refractivity contribution in [3.05, 3.63) is 178 Å². The first kappa shape index (κ1) is 65.6. The second kappa shape index (κ2) is 30.1. The molecular formula is C55H66Br2ClF3N6O8S3. The number of sulfonamides is 2. The molecule has 6 aromatic carbocycles. The van der Waals surface area contributed by atoms with E-state index in [1.807, 2.05) is 60.7 Å². The van der Waals surface area contributed by atoms with Crippen LogP contribution in [0.4, 0.5) is 30.2 Å². The van der Waals surface area contributed by atoms with Crippen molar-refractivity contribution in [3.8, 4) is 0 Å². The quantitative estimate of drug-likeness (QED) is 0.132. The topological polar surface area (TPSA) is 168 Å². The van der Waals surface area contributed by atoms with Gasteiger partial charge >= 0.3 is 6.18 Å². The number of hydrogen-bond donors (Lipinski definition) is 2. The summed E-state index contributed by atoms with van der Waals surface area (Å²) in [5.74, 6) is -1.76. The van der Waals surface area contributed by atoms with E-state index < -0.39 is 46.7 Å². The molecule has 6 aromatic rings. The number of benzene rings is 6. The number of alkyl halides is 3. The molecule has 14 nitrogen and oxygen atoms in total. The van der Waals surface area contributed by atoms with Gasteiger partial charge in [-0.25, -0.2) is 25.3 Å². The zero-order valence-corrected chi connectivity index (χ0v) is 49.0. The summed E-state index contributed by atoms with van der Waals surface area (Å²) in [6.45, 7) is 13.1. The average molecular weight is 1290 g/mol. The highest BCUT2D eigenvalue weighted by atomic mass is 79.9. The second-order valence-electron chi connectivity index (χ2n) is 18.0. The van der Waals surface area contributed by atoms with Crippen molar-refractivity contribution < 1.29 is 48.3 Å². The Balaban J connectivity index is 0.000000224. The summed E-state index contributed by atoms with van der Waals surface area (Å²) >= 11 is 6.86. The van der Waals surface area contributed by atoms with Crippen LogP contribution >= 0.6 is 42.5 Å². The van der Waals surface area contributed by atoms with E-state index in [1.165, 1.54) is 17.8 Å². The average Bonchev–Trinajstić information content (AvgIpc) is 3.45. The lowest BCUT2D eigenvalue weighted by Crippen LogP contribution is -2.48. The predicted octanol–water partition coefficient (Wildman–Crippen LogP) is 10.6. The van der Waals surface area contributed by atoms with Crippen molar-refractivity contribution >= 4 is 94.5 Å². The lowest BCUT2D eigenvalue weighted by Gasteiger charge is -2.35. The van der Waals surface area contributed by atoms with Crippen LogP contribution in [0.3, 0.4) is 0 Å². The van der Waals surface area contributed by atoms with Crippen molar-refractivity contribution in [2.24, 2.45) is 0 Å². The third-order valence-corrected chi connectivity index (χ3v) is 18.4. The maximum absolute atomic E-state index is 12.7. The van der Waals surface area contributed by atoms with Crippen molar-refractivity contribution in [1.29, 1.82) is 0 Å². The van der Waals surface area contributed by atoms with Crippen molar-refractivity contribution in [2.75, 3.05) is 93.2 Å². The molecule has 3 aliphatic heterocycles. The van der Waals surface area contributed by atoms with Crippen LogP contribution in [0.2, 0.25) is 0 Å². The predicted molar refractivity (Wildman–Crippen MR) is 313 cm³/mol. The first-order chi connectivity index (χ1) is 36.3. The number of anilines is 3. The van der Waals surface area contributed by atoms with Gasteiger partial charge in [0, 0.05) is 122 Å². The molecule has 0 amide bonds. The van der Waals surface area contributed by atoms with E-state index in [1.54, 1.807) is 89.2 Å². The zero-order chi connectivity index (χ0) is 56.4. The summed E-state index contributed by atoms with van der Waals surface area (Å²) in [6.07, 6.45) is -4.64. The molecule has 3 saturated heterocycles. The van der Waals surface area contributed by atoms with Crippen LogP contribution in [0.15, 0.2) is 187 Å². The minimum absolute atomic E-state index is 0. The third-order valence-electron chi connectivity index (χ3n) is 12.1. The summed E-state index contributed by atoms with van der Waals surface area (Å²) in [5, 5.41) is 13.4. The molecule has 0 bridgehead atoms. The van der Waals surface area contributed by atoms with Gasteiger partial charge < -0.3 is 25.1 Å². The van der Waals surface area contributed by atoms with E-state index in [0.29, 0.717) is 69.1 Å². The molecule has 3 heterocycles. The Morgan fingerprint density at radius 1 is 0.500 bits per heavy atom. The molecule has 9 rings (SSSR count). The Labute approximate surface area is 479 Å². The van der Waals surface area contributed by atoms with Gasteiger partial charge in [-0.1, -0.05) is 106 Å². The molecule has 0 atom stereocenters. The highest BCUT2D eigenvalue weighted by molar-refractivity contribution is 9.10. The number of nitrogens with one attached hydrogen (secondary N) is 1. The van der Waals surface area contributed by atoms with Crippen LogP contribution in [-0.4, -0.2) is 129 Å². The molecule has 0 unspecified atom stereocenters. The number of aliphatic hydroxyl groups is 1. The fourth-order valence-corrected chi connectivity index (χ4v) is 12.0. The third kappa shape index (κ3) is 20.3. The maximum atomic E-state index is 12.7. The number of ketones is 1. The Bertz CT molecular complexity index is 3100. The molecule has 424 valence electrons. The van der Waals surface area contributed by atoms with E-state index in [-0.39, 0.29) is 12.3 Å². The maximum Gasteiger partial charge on any atom is 0.449 e. The van der Waals surface area contributed by atoms with Crippen LogP contribution in [0, 0.1) is 0 Å². The molecule has 78 heavy (non-hydrogen) atoms. The first-order valence-corrected chi connectivity index (χ1v) is 31.0. The molecule has 0 radical (unpaired) electrons. The van der Waals surface area contributed by atoms with Gasteiger partial charge in [0.05, 0.1) is 20.3 Å². The zero-order valence-electron chi connectivity index (χ0n) is 42.6. The largest absolute Gasteiger partial charge is 0.449 e. The molecule has 0 saturated carbocycles. The fraction of sp³-hybridized carbons (Fsp3) is 0.327. The monoisotopic (exact) mass is 1280 g/mol. The molecule has 0 spiro atoms. The van der Waals surface area contributed by atoms with Gasteiger partial charge in [-0.05, 0) is 116 Å². The summed E-state index contributed by atoms with van der Waals surface area (Å²) in [4.78, 5) is 17.0. The van der Waals surface area contributed by atoms with Crippen molar-refractivity contribution in [2.45, 2.75) is 54.7 Å². The second-order valence-corrected chi connectivity index (χ2v) is 26.3. The lowest BCUT2D eigenvalue weighted by atomic mass is 9.98. The minimum Gasteiger partial charge on any atom is -0.386 e. The molecule has 23 heteroatoms. The smallest absolute Gasteiger partial charge is 0.386 e. The molecule has 0 aromatic heterocycles. The Morgan fingerprint density at radius 3 is 1.05 bits per heavy atom. The summed E-state index contributed by atoms with van der Waals surface area (Å²) < 4.78 is 109. The van der Waals surface area contributed by atoms with E-state index in [4.69, 9.17) is 10.7 Å². The minimum atomic E-state index is -4.64. The van der Waals surface area contributed by atoms with E-state index in [9.17, 15) is 48.3 Å². The summed E-state index contributed by atoms with van der Waals surface area (Å²) in [6, 6.07) is 49.5. The Morgan fingerprint density at radius 2 is 0.782 bits per heavy atom. The van der Waals surface area contributed by atoms with Gasteiger partial charge in [-0.2, -0.15) is 21.8 Å². The van der Waals surface area contributed by atoms with Gasteiger partial charge in [0.25, 0.3) is 9.05 Å². The van der Waals surface area contributed by atoms with Crippen LogP contribution in [-0.2, 0) is 39.5 Å². The van der Waals surface area contributed by atoms with Crippen LogP contribution in [0.1, 0.15) is 33.8 Å². The van der Waals surface area contributed by atoms with E-state index >= 15 is 0 Å². The van der Waals surface area contributed by atoms with Gasteiger partial charge in [0.15, 0.2) is 0 Å². The normalized spacial score (nSPS) is 15.5. The number of piperazine rings is 3. The summed E-state index contributed by atoms with van der Waals surface area (Å²) in [5.41, 5.74) is 3.50.